The van der Waals surface area contributed by atoms with Crippen molar-refractivity contribution >= 4 is 17.9 Å². The van der Waals surface area contributed by atoms with Gasteiger partial charge in [-0.15, -0.1) is 0 Å². The molecule has 1 aliphatic rings. The largest absolute Gasteiger partial charge is 0.466 e. The highest BCUT2D eigenvalue weighted by Gasteiger charge is 2.53. The summed E-state index contributed by atoms with van der Waals surface area (Å²) >= 11 is 0. The normalized spacial score (nSPS) is 20.2. The van der Waals surface area contributed by atoms with Gasteiger partial charge in [0.15, 0.2) is 0 Å². The van der Waals surface area contributed by atoms with E-state index in [-0.39, 0.29) is 25.0 Å². The van der Waals surface area contributed by atoms with Crippen LogP contribution in [0.3, 0.4) is 0 Å². The summed E-state index contributed by atoms with van der Waals surface area (Å²) in [6.45, 7) is 12.9. The van der Waals surface area contributed by atoms with Crippen LogP contribution in [0.5, 0.6) is 0 Å². The van der Waals surface area contributed by atoms with Gasteiger partial charge in [-0.1, -0.05) is 0 Å². The first-order valence-corrected chi connectivity index (χ1v) is 7.24. The maximum absolute atomic E-state index is 12.6. The zero-order chi connectivity index (χ0) is 16.6. The third kappa shape index (κ3) is 3.54. The van der Waals surface area contributed by atoms with Crippen LogP contribution in [0.1, 0.15) is 54.9 Å². The predicted octanol–water partition coefficient (Wildman–Crippen LogP) is 2.17. The van der Waals surface area contributed by atoms with Crippen LogP contribution in [0, 0.1) is 0 Å². The molecule has 0 bridgehead atoms. The van der Waals surface area contributed by atoms with E-state index < -0.39 is 23.1 Å². The van der Waals surface area contributed by atoms with E-state index in [1.54, 1.807) is 27.7 Å². The Balaban J connectivity index is 3.16. The highest BCUT2D eigenvalue weighted by molar-refractivity contribution is 6.06. The fourth-order valence-corrected chi connectivity index (χ4v) is 2.52. The molecule has 3 amide bonds. The minimum Gasteiger partial charge on any atom is -0.466 e. The summed E-state index contributed by atoms with van der Waals surface area (Å²) in [5.41, 5.74) is -1.18. The molecule has 0 aromatic heterocycles. The number of imide groups is 1. The summed E-state index contributed by atoms with van der Waals surface area (Å²) in [4.78, 5) is 39.7. The van der Waals surface area contributed by atoms with Crippen LogP contribution in [-0.2, 0) is 14.3 Å². The molecule has 0 spiro atoms. The van der Waals surface area contributed by atoms with E-state index in [2.05, 4.69) is 0 Å². The van der Waals surface area contributed by atoms with Gasteiger partial charge in [0.1, 0.15) is 6.04 Å². The van der Waals surface area contributed by atoms with Gasteiger partial charge in [-0.05, 0) is 48.5 Å². The number of carbonyl (C=O) groups is 3. The lowest BCUT2D eigenvalue weighted by atomic mass is 10.0. The standard InChI is InChI=1S/C15H26N2O4/c1-8-21-11(18)9-10-12(19)17(15(5,6)7)13(20)16(10)14(2,3)4/h10H,8-9H2,1-7H3/t10-/m0/s1. The Bertz CT molecular complexity index is 446. The quantitative estimate of drug-likeness (QED) is 0.591. The molecule has 6 nitrogen and oxygen atoms in total. The van der Waals surface area contributed by atoms with Gasteiger partial charge in [0.25, 0.3) is 5.91 Å². The molecule has 0 saturated carbocycles. The minimum absolute atomic E-state index is 0.109. The third-order valence-corrected chi connectivity index (χ3v) is 3.27. The molecule has 1 aliphatic heterocycles. The number of esters is 1. The molecular formula is C15H26N2O4. The molecule has 6 heteroatoms. The van der Waals surface area contributed by atoms with Crippen molar-refractivity contribution in [1.29, 1.82) is 0 Å². The Hall–Kier alpha value is -1.59. The van der Waals surface area contributed by atoms with Crippen LogP contribution in [0.2, 0.25) is 0 Å². The first kappa shape index (κ1) is 17.5. The highest BCUT2D eigenvalue weighted by Crippen LogP contribution is 2.33. The lowest BCUT2D eigenvalue weighted by molar-refractivity contribution is -0.147. The summed E-state index contributed by atoms with van der Waals surface area (Å²) in [5, 5.41) is 0. The monoisotopic (exact) mass is 298 g/mol. The average Bonchev–Trinajstić information content (AvgIpc) is 2.48. The number of hydrogen-bond acceptors (Lipinski definition) is 4. The Morgan fingerprint density at radius 1 is 1.10 bits per heavy atom. The molecule has 1 saturated heterocycles. The van der Waals surface area contributed by atoms with Gasteiger partial charge < -0.3 is 9.64 Å². The second-order valence-electron chi connectivity index (χ2n) is 7.19. The fourth-order valence-electron chi connectivity index (χ4n) is 2.52. The molecule has 21 heavy (non-hydrogen) atoms. The molecule has 120 valence electrons. The number of rotatable bonds is 3. The zero-order valence-electron chi connectivity index (χ0n) is 14.0. The second-order valence-corrected chi connectivity index (χ2v) is 7.19. The molecule has 0 aromatic carbocycles. The number of ether oxygens (including phenoxy) is 1. The summed E-state index contributed by atoms with van der Waals surface area (Å²) in [6.07, 6.45) is -0.109. The molecule has 1 rings (SSSR count). The maximum atomic E-state index is 12.6. The van der Waals surface area contributed by atoms with E-state index in [0.29, 0.717) is 0 Å². The van der Waals surface area contributed by atoms with Crippen molar-refractivity contribution < 1.29 is 19.1 Å². The van der Waals surface area contributed by atoms with Crippen molar-refractivity contribution in [3.63, 3.8) is 0 Å². The number of carbonyl (C=O) groups excluding carboxylic acids is 3. The van der Waals surface area contributed by atoms with Gasteiger partial charge in [0.2, 0.25) is 0 Å². The first-order valence-electron chi connectivity index (χ1n) is 7.24. The number of hydrogen-bond donors (Lipinski definition) is 0. The second kappa shape index (κ2) is 5.66. The molecule has 0 radical (unpaired) electrons. The van der Waals surface area contributed by atoms with E-state index in [1.807, 2.05) is 20.8 Å². The minimum atomic E-state index is -0.796. The van der Waals surface area contributed by atoms with Crippen LogP contribution in [0.25, 0.3) is 0 Å². The van der Waals surface area contributed by atoms with E-state index in [9.17, 15) is 14.4 Å². The number of nitrogens with zero attached hydrogens (tertiary/aromatic N) is 2. The van der Waals surface area contributed by atoms with E-state index in [0.717, 1.165) is 0 Å². The Morgan fingerprint density at radius 3 is 2.00 bits per heavy atom. The lowest BCUT2D eigenvalue weighted by Crippen LogP contribution is -2.50. The molecular weight excluding hydrogens is 272 g/mol. The topological polar surface area (TPSA) is 66.9 Å². The fraction of sp³-hybridized carbons (Fsp3) is 0.800. The van der Waals surface area contributed by atoms with Crippen molar-refractivity contribution in [3.05, 3.63) is 0 Å². The first-order chi connectivity index (χ1) is 9.41. The van der Waals surface area contributed by atoms with Crippen molar-refractivity contribution in [2.45, 2.75) is 72.0 Å². The summed E-state index contributed by atoms with van der Waals surface area (Å²) < 4.78 is 4.92. The van der Waals surface area contributed by atoms with Crippen molar-refractivity contribution in [3.8, 4) is 0 Å². The molecule has 0 unspecified atom stereocenters. The van der Waals surface area contributed by atoms with Crippen molar-refractivity contribution in [1.82, 2.24) is 9.80 Å². The molecule has 1 heterocycles. The van der Waals surface area contributed by atoms with Gasteiger partial charge >= 0.3 is 12.0 Å². The van der Waals surface area contributed by atoms with E-state index in [4.69, 9.17) is 4.74 Å². The molecule has 1 fully saturated rings. The van der Waals surface area contributed by atoms with Crippen LogP contribution >= 0.6 is 0 Å². The van der Waals surface area contributed by atoms with Gasteiger partial charge in [-0.25, -0.2) is 4.79 Å². The van der Waals surface area contributed by atoms with Crippen LogP contribution < -0.4 is 0 Å². The van der Waals surface area contributed by atoms with Crippen LogP contribution in [-0.4, -0.2) is 51.4 Å². The van der Waals surface area contributed by atoms with Crippen molar-refractivity contribution in [2.75, 3.05) is 6.61 Å². The lowest BCUT2D eigenvalue weighted by Gasteiger charge is -2.35. The molecule has 1 atom stereocenters. The maximum Gasteiger partial charge on any atom is 0.328 e. The Labute approximate surface area is 126 Å². The average molecular weight is 298 g/mol. The van der Waals surface area contributed by atoms with Gasteiger partial charge in [0.05, 0.1) is 13.0 Å². The smallest absolute Gasteiger partial charge is 0.328 e. The molecule has 0 aliphatic carbocycles. The molecule has 0 N–H and O–H groups in total. The van der Waals surface area contributed by atoms with Gasteiger partial charge in [0, 0.05) is 11.1 Å². The van der Waals surface area contributed by atoms with Gasteiger partial charge in [-0.3, -0.25) is 14.5 Å². The summed E-state index contributed by atoms with van der Waals surface area (Å²) in [5.74, 6) is -0.802. The van der Waals surface area contributed by atoms with Crippen LogP contribution in [0.15, 0.2) is 0 Å². The summed E-state index contributed by atoms with van der Waals surface area (Å²) in [7, 11) is 0. The predicted molar refractivity (Wildman–Crippen MR) is 78.6 cm³/mol. The molecule has 0 aromatic rings. The van der Waals surface area contributed by atoms with E-state index in [1.165, 1.54) is 9.80 Å². The number of amides is 3. The van der Waals surface area contributed by atoms with Crippen molar-refractivity contribution in [2.24, 2.45) is 0 Å². The highest BCUT2D eigenvalue weighted by atomic mass is 16.5. The summed E-state index contributed by atoms with van der Waals surface area (Å²) in [6, 6.07) is -1.15. The van der Waals surface area contributed by atoms with Crippen LogP contribution in [0.4, 0.5) is 4.79 Å². The SMILES string of the molecule is CCOC(=O)C[C@H]1C(=O)N(C(C)(C)C)C(=O)N1C(C)(C)C. The third-order valence-electron chi connectivity index (χ3n) is 3.27. The van der Waals surface area contributed by atoms with Gasteiger partial charge in [-0.2, -0.15) is 0 Å². The Morgan fingerprint density at radius 2 is 1.62 bits per heavy atom. The number of urea groups is 1. The zero-order valence-corrected chi connectivity index (χ0v) is 14.0. The van der Waals surface area contributed by atoms with E-state index >= 15 is 0 Å². The Kier molecular flexibility index (Phi) is 4.70.